The summed E-state index contributed by atoms with van der Waals surface area (Å²) in [6, 6.07) is 12.3. The lowest BCUT2D eigenvalue weighted by molar-refractivity contribution is 0.123. The van der Waals surface area contributed by atoms with E-state index in [0.717, 1.165) is 41.2 Å². The average molecular weight is 419 g/mol. The molecule has 1 aliphatic heterocycles. The Kier molecular flexibility index (Phi) is 4.95. The number of morpholine rings is 1. The average Bonchev–Trinajstić information content (AvgIpc) is 3.39. The second-order valence-electron chi connectivity index (χ2n) is 7.99. The Balaban J connectivity index is 1.64. The van der Waals surface area contributed by atoms with Gasteiger partial charge in [0.05, 0.1) is 24.6 Å². The largest absolute Gasteiger partial charge is 0.385 e. The van der Waals surface area contributed by atoms with E-state index in [0.29, 0.717) is 24.9 Å². The van der Waals surface area contributed by atoms with E-state index >= 15 is 0 Å². The number of aromatic nitrogens is 5. The summed E-state index contributed by atoms with van der Waals surface area (Å²) in [5.74, 6) is 1.31. The number of aryl methyl sites for hydroxylation is 2. The van der Waals surface area contributed by atoms with Gasteiger partial charge in [0.15, 0.2) is 11.5 Å². The zero-order valence-corrected chi connectivity index (χ0v) is 18.0. The number of rotatable bonds is 4. The van der Waals surface area contributed by atoms with Crippen LogP contribution in [0.3, 0.4) is 0 Å². The highest BCUT2D eigenvalue weighted by atomic mass is 16.5. The van der Waals surface area contributed by atoms with Crippen LogP contribution in [0.4, 0.5) is 5.69 Å². The smallest absolute Gasteiger partial charge is 0.164 e. The number of pyridine rings is 1. The summed E-state index contributed by atoms with van der Waals surface area (Å²) in [4.78, 5) is 11.8. The summed E-state index contributed by atoms with van der Waals surface area (Å²) in [5, 5.41) is 15.0. The number of nitrogens with zero attached hydrogens (tertiary/aromatic N) is 6. The van der Waals surface area contributed by atoms with Gasteiger partial charge in [0.1, 0.15) is 17.4 Å². The van der Waals surface area contributed by atoms with E-state index in [1.54, 1.807) is 11.6 Å². The predicted molar refractivity (Wildman–Crippen MR) is 119 cm³/mol. The monoisotopic (exact) mass is 418 g/mol. The van der Waals surface area contributed by atoms with E-state index < -0.39 is 6.10 Å². The Labute approximate surface area is 180 Å². The summed E-state index contributed by atoms with van der Waals surface area (Å²) in [6.45, 7) is 6.72. The van der Waals surface area contributed by atoms with Crippen LogP contribution < -0.4 is 4.90 Å². The fourth-order valence-electron chi connectivity index (χ4n) is 4.08. The molecule has 0 spiro atoms. The zero-order chi connectivity index (χ0) is 21.5. The lowest BCUT2D eigenvalue weighted by atomic mass is 10.1. The highest BCUT2D eigenvalue weighted by Crippen LogP contribution is 2.30. The van der Waals surface area contributed by atoms with Crippen LogP contribution in [-0.4, -0.2) is 55.7 Å². The first-order valence-corrected chi connectivity index (χ1v) is 10.5. The molecule has 0 amide bonds. The molecule has 160 valence electrons. The third-order valence-electron chi connectivity index (χ3n) is 5.69. The van der Waals surface area contributed by atoms with Crippen LogP contribution in [0.15, 0.2) is 42.6 Å². The number of imidazole rings is 1. The second kappa shape index (κ2) is 7.79. The van der Waals surface area contributed by atoms with Gasteiger partial charge in [-0.15, -0.1) is 0 Å². The normalized spacial score (nSPS) is 15.5. The number of ether oxygens (including phenoxy) is 1. The van der Waals surface area contributed by atoms with Crippen LogP contribution in [0.1, 0.15) is 24.4 Å². The maximum atomic E-state index is 10.2. The Bertz CT molecular complexity index is 1240. The fourth-order valence-corrected chi connectivity index (χ4v) is 4.08. The first-order valence-electron chi connectivity index (χ1n) is 10.5. The molecule has 0 radical (unpaired) electrons. The second-order valence-corrected chi connectivity index (χ2v) is 7.99. The van der Waals surface area contributed by atoms with Crippen LogP contribution in [0.25, 0.3) is 28.2 Å². The third-order valence-corrected chi connectivity index (χ3v) is 5.69. The Morgan fingerprint density at radius 3 is 2.65 bits per heavy atom. The Hall–Kier alpha value is -3.23. The molecular formula is C23H26N6O2. The SMILES string of the molecule is Cc1cccc(-c2ccn(-c3cc(N4CCOCC4)c4nc([C@@H](C)O)n(C)c4n3)n2)c1. The third kappa shape index (κ3) is 3.58. The molecule has 1 saturated heterocycles. The highest BCUT2D eigenvalue weighted by Gasteiger charge is 2.22. The Morgan fingerprint density at radius 1 is 1.10 bits per heavy atom. The summed E-state index contributed by atoms with van der Waals surface area (Å²) in [5.41, 5.74) is 5.66. The highest BCUT2D eigenvalue weighted by molar-refractivity contribution is 5.88. The quantitative estimate of drug-likeness (QED) is 0.549. The molecule has 4 aromatic rings. The van der Waals surface area contributed by atoms with Crippen molar-refractivity contribution in [3.63, 3.8) is 0 Å². The number of benzene rings is 1. The van der Waals surface area contributed by atoms with E-state index in [1.165, 1.54) is 5.56 Å². The molecule has 1 atom stereocenters. The lowest BCUT2D eigenvalue weighted by Crippen LogP contribution is -2.36. The Morgan fingerprint density at radius 2 is 1.90 bits per heavy atom. The zero-order valence-electron chi connectivity index (χ0n) is 18.0. The molecule has 1 aliphatic rings. The van der Waals surface area contributed by atoms with Gasteiger partial charge in [0.2, 0.25) is 0 Å². The maximum Gasteiger partial charge on any atom is 0.164 e. The van der Waals surface area contributed by atoms with Gasteiger partial charge < -0.3 is 19.3 Å². The van der Waals surface area contributed by atoms with Crippen LogP contribution in [0.2, 0.25) is 0 Å². The van der Waals surface area contributed by atoms with Crippen molar-refractivity contribution in [2.75, 3.05) is 31.2 Å². The maximum absolute atomic E-state index is 10.2. The first kappa shape index (κ1) is 19.7. The van der Waals surface area contributed by atoms with Crippen LogP contribution in [0.5, 0.6) is 0 Å². The minimum Gasteiger partial charge on any atom is -0.385 e. The molecule has 4 heterocycles. The number of fused-ring (bicyclic) bond motifs is 1. The van der Waals surface area contributed by atoms with Gasteiger partial charge >= 0.3 is 0 Å². The molecule has 31 heavy (non-hydrogen) atoms. The molecule has 0 saturated carbocycles. The molecule has 0 unspecified atom stereocenters. The molecule has 1 N–H and O–H groups in total. The first-order chi connectivity index (χ1) is 15.0. The minimum atomic E-state index is -0.683. The number of anilines is 1. The summed E-state index contributed by atoms with van der Waals surface area (Å²) >= 11 is 0. The minimum absolute atomic E-state index is 0.593. The van der Waals surface area contributed by atoms with Gasteiger partial charge in [-0.1, -0.05) is 23.8 Å². The van der Waals surface area contributed by atoms with E-state index in [4.69, 9.17) is 19.8 Å². The summed E-state index contributed by atoms with van der Waals surface area (Å²) in [7, 11) is 1.89. The number of aliphatic hydroxyl groups is 1. The van der Waals surface area contributed by atoms with E-state index in [1.807, 2.05) is 36.0 Å². The molecule has 0 bridgehead atoms. The number of aliphatic hydroxyl groups excluding tert-OH is 1. The van der Waals surface area contributed by atoms with E-state index in [-0.39, 0.29) is 0 Å². The number of hydrogen-bond donors (Lipinski definition) is 1. The molecule has 8 heteroatoms. The molecule has 1 aromatic carbocycles. The van der Waals surface area contributed by atoms with Crippen LogP contribution >= 0.6 is 0 Å². The van der Waals surface area contributed by atoms with Crippen molar-refractivity contribution in [2.45, 2.75) is 20.0 Å². The van der Waals surface area contributed by atoms with Crippen molar-refractivity contribution in [1.82, 2.24) is 24.3 Å². The van der Waals surface area contributed by atoms with Crippen molar-refractivity contribution >= 4 is 16.9 Å². The van der Waals surface area contributed by atoms with Gasteiger partial charge in [-0.2, -0.15) is 5.10 Å². The van der Waals surface area contributed by atoms with Gasteiger partial charge in [0, 0.05) is 38.0 Å². The van der Waals surface area contributed by atoms with Gasteiger partial charge in [-0.05, 0) is 26.0 Å². The van der Waals surface area contributed by atoms with Crippen LogP contribution in [-0.2, 0) is 11.8 Å². The van der Waals surface area contributed by atoms with E-state index in [9.17, 15) is 5.11 Å². The molecular weight excluding hydrogens is 392 g/mol. The number of hydrogen-bond acceptors (Lipinski definition) is 6. The van der Waals surface area contributed by atoms with Crippen LogP contribution in [0, 0.1) is 6.92 Å². The molecule has 8 nitrogen and oxygen atoms in total. The van der Waals surface area contributed by atoms with Crippen molar-refractivity contribution < 1.29 is 9.84 Å². The van der Waals surface area contributed by atoms with Crippen molar-refractivity contribution in [2.24, 2.45) is 7.05 Å². The summed E-state index contributed by atoms with van der Waals surface area (Å²) in [6.07, 6.45) is 1.25. The van der Waals surface area contributed by atoms with Crippen molar-refractivity contribution in [1.29, 1.82) is 0 Å². The standard InChI is InChI=1S/C23H26N6O2/c1-15-5-4-6-17(13-15)18-7-8-29(26-18)20-14-19(28-9-11-31-12-10-28)21-23(24-20)27(3)22(25-21)16(2)30/h4-8,13-14,16,30H,9-12H2,1-3H3/t16-/m1/s1. The van der Waals surface area contributed by atoms with E-state index in [2.05, 4.69) is 30.0 Å². The van der Waals surface area contributed by atoms with Crippen molar-refractivity contribution in [3.8, 4) is 17.1 Å². The van der Waals surface area contributed by atoms with Gasteiger partial charge in [-0.3, -0.25) is 0 Å². The van der Waals surface area contributed by atoms with Gasteiger partial charge in [0.25, 0.3) is 0 Å². The predicted octanol–water partition coefficient (Wildman–Crippen LogP) is 3.02. The lowest BCUT2D eigenvalue weighted by Gasteiger charge is -2.29. The fraction of sp³-hybridized carbons (Fsp3) is 0.348. The molecule has 3 aromatic heterocycles. The molecule has 5 rings (SSSR count). The molecule has 0 aliphatic carbocycles. The molecule has 1 fully saturated rings. The summed E-state index contributed by atoms with van der Waals surface area (Å²) < 4.78 is 9.20. The van der Waals surface area contributed by atoms with Gasteiger partial charge in [-0.25, -0.2) is 14.6 Å². The topological polar surface area (TPSA) is 81.2 Å². The van der Waals surface area contributed by atoms with Crippen molar-refractivity contribution in [3.05, 3.63) is 54.0 Å².